The minimum atomic E-state index is 0.819. The number of nitrogens with zero attached hydrogens (tertiary/aromatic N) is 2. The first-order valence-corrected chi connectivity index (χ1v) is 33.6. The van der Waals surface area contributed by atoms with E-state index in [-0.39, 0.29) is 0 Å². The van der Waals surface area contributed by atoms with E-state index >= 15 is 0 Å². The minimum absolute atomic E-state index is 0.819. The maximum atomic E-state index is 11.6. The van der Waals surface area contributed by atoms with Crippen molar-refractivity contribution < 1.29 is 19.1 Å². The molecule has 0 N–H and O–H groups in total. The van der Waals surface area contributed by atoms with Crippen LogP contribution in [-0.4, -0.2) is 4.70 Å². The minimum Gasteiger partial charge on any atom is -0.0654 e. The Balaban J connectivity index is 0.000000548. The van der Waals surface area contributed by atoms with Crippen LogP contribution in [-0.2, 0) is 27.3 Å². The van der Waals surface area contributed by atoms with Crippen molar-refractivity contribution in [3.63, 3.8) is 0 Å². The summed E-state index contributed by atoms with van der Waals surface area (Å²) in [6.45, 7) is 11.4. The molecule has 2 aromatic carbocycles. The molecule has 0 unspecified atom stereocenters. The van der Waals surface area contributed by atoms with Crippen molar-refractivity contribution in [3.05, 3.63) is 88.0 Å². The summed E-state index contributed by atoms with van der Waals surface area (Å²) in [5.41, 5.74) is 19.0. The van der Waals surface area contributed by atoms with Gasteiger partial charge in [0.1, 0.15) is 5.57 Å². The van der Waals surface area contributed by atoms with Gasteiger partial charge in [-0.15, -0.1) is 0 Å². The topological polar surface area (TPSA) is 25.3 Å². The Kier molecular flexibility index (Phi) is 46.0. The monoisotopic (exact) mass is 1040 g/mol. The summed E-state index contributed by atoms with van der Waals surface area (Å²) in [6.07, 6.45) is 63.8. The van der Waals surface area contributed by atoms with Crippen LogP contribution in [0.1, 0.15) is 333 Å². The van der Waals surface area contributed by atoms with Gasteiger partial charge in [-0.2, -0.15) is 0 Å². The second-order valence-corrected chi connectivity index (χ2v) is 23.6. The molecule has 2 aromatic rings. The number of unbranched alkanes of at least 4 members (excludes halogenated alkanes) is 38. The fourth-order valence-electron chi connectivity index (χ4n) is 10.3. The Labute approximate surface area is 462 Å². The van der Waals surface area contributed by atoms with E-state index in [0.29, 0.717) is 0 Å². The quantitative estimate of drug-likeness (QED) is 0.0273. The summed E-state index contributed by atoms with van der Waals surface area (Å²) < 4.78 is 1.40. The third kappa shape index (κ3) is 36.3. The van der Waals surface area contributed by atoms with E-state index in [2.05, 4.69) is 101 Å². The fourth-order valence-corrected chi connectivity index (χ4v) is 11.5. The zero-order valence-electron chi connectivity index (χ0n) is 49.1. The van der Waals surface area contributed by atoms with E-state index in [1.54, 1.807) is 0 Å². The van der Waals surface area contributed by atoms with Crippen molar-refractivity contribution in [2.24, 2.45) is 0 Å². The van der Waals surface area contributed by atoms with E-state index in [0.717, 1.165) is 53.8 Å². The van der Waals surface area contributed by atoms with Crippen LogP contribution < -0.4 is 0 Å². The maximum absolute atomic E-state index is 11.6. The van der Waals surface area contributed by atoms with E-state index in [1.165, 1.54) is 290 Å². The zero-order chi connectivity index (χ0) is 52.3. The van der Waals surface area contributed by atoms with Crippen LogP contribution in [0.5, 0.6) is 0 Å². The Morgan fingerprint density at radius 2 is 0.712 bits per heavy atom. The molecule has 1 heterocycles. The molecule has 3 rings (SSSR count). The molecule has 0 atom stereocenters. The van der Waals surface area contributed by atoms with E-state index in [1.807, 2.05) is 14.4 Å². The summed E-state index contributed by atoms with van der Waals surface area (Å²) in [5, 5.41) is 2.87. The fraction of sp³-hybridized carbons (Fsp3) is 0.743. The molecular weight excluding hydrogens is 927 g/mol. The van der Waals surface area contributed by atoms with Crippen molar-refractivity contribution in [2.75, 3.05) is 0 Å². The van der Waals surface area contributed by atoms with Crippen LogP contribution in [0.4, 0.5) is 0 Å². The molecule has 0 aliphatic carbocycles. The average Bonchev–Trinajstić information content (AvgIpc) is 3.74. The summed E-state index contributed by atoms with van der Waals surface area (Å²) in [6, 6.07) is 17.5. The molecule has 3 heteroatoms. The average molecular weight is 1050 g/mol. The summed E-state index contributed by atoms with van der Waals surface area (Å²) in [7, 11) is 0. The van der Waals surface area contributed by atoms with Gasteiger partial charge in [-0.05, 0) is 67.5 Å². The van der Waals surface area contributed by atoms with Crippen LogP contribution >= 0.6 is 0 Å². The molecule has 0 fully saturated rings. The van der Waals surface area contributed by atoms with Gasteiger partial charge >= 0.3 is 166 Å². The van der Waals surface area contributed by atoms with E-state index in [9.17, 15) is 5.53 Å². The molecule has 1 aliphatic rings. The van der Waals surface area contributed by atoms with Gasteiger partial charge in [0, 0.05) is 23.6 Å². The molecule has 0 amide bonds. The zero-order valence-corrected chi connectivity index (χ0v) is 50.1. The van der Waals surface area contributed by atoms with Gasteiger partial charge in [0.25, 0.3) is 0 Å². The predicted molar refractivity (Wildman–Crippen MR) is 323 cm³/mol. The van der Waals surface area contributed by atoms with Gasteiger partial charge in [-0.3, -0.25) is 0 Å². The van der Waals surface area contributed by atoms with Crippen molar-refractivity contribution >= 4 is 11.4 Å². The first-order chi connectivity index (χ1) is 36.1. The molecule has 418 valence electrons. The van der Waals surface area contributed by atoms with Crippen molar-refractivity contribution in [3.8, 4) is 11.8 Å². The molecule has 2 nitrogen and oxygen atoms in total. The van der Waals surface area contributed by atoms with E-state index < -0.39 is 0 Å². The molecule has 0 saturated carbocycles. The smallest absolute Gasteiger partial charge is 0.0654 e. The third-order valence-corrected chi connectivity index (χ3v) is 16.5. The van der Waals surface area contributed by atoms with Gasteiger partial charge in [0.2, 0.25) is 11.4 Å². The predicted octanol–water partition coefficient (Wildman–Crippen LogP) is 24.4. The first kappa shape index (κ1) is 66.7. The number of hydrogen-bond acceptors (Lipinski definition) is 0. The molecular formula is C70H118N2Ni. The molecule has 73 heavy (non-hydrogen) atoms. The summed E-state index contributed by atoms with van der Waals surface area (Å²) in [4.78, 5) is 0. The van der Waals surface area contributed by atoms with Crippen LogP contribution in [0.3, 0.4) is 0 Å². The van der Waals surface area contributed by atoms with Gasteiger partial charge in [0.05, 0.1) is 0 Å². The molecule has 0 saturated heterocycles. The Hall–Kier alpha value is -2.43. The Morgan fingerprint density at radius 3 is 1.11 bits per heavy atom. The molecule has 0 bridgehead atoms. The third-order valence-electron chi connectivity index (χ3n) is 15.1. The number of rotatable bonds is 48. The van der Waals surface area contributed by atoms with Crippen LogP contribution in [0.2, 0.25) is 10.8 Å². The first-order valence-electron chi connectivity index (χ1n) is 32.2. The summed E-state index contributed by atoms with van der Waals surface area (Å²) in [5.74, 6) is 6.95. The Morgan fingerprint density at radius 1 is 0.384 bits per heavy atom. The number of allylic oxidation sites excluding steroid dienone is 2. The summed E-state index contributed by atoms with van der Waals surface area (Å²) >= 11 is 2.04. The van der Waals surface area contributed by atoms with Crippen molar-refractivity contribution in [1.82, 2.24) is 0 Å². The Bertz CT molecular complexity index is 1680. The second-order valence-electron chi connectivity index (χ2n) is 22.1. The normalized spacial score (nSPS) is 12.3. The molecule has 0 radical (unpaired) electrons. The number of benzene rings is 2. The second kappa shape index (κ2) is 50.4. The van der Waals surface area contributed by atoms with E-state index in [4.69, 9.17) is 0 Å². The molecule has 1 aliphatic heterocycles. The van der Waals surface area contributed by atoms with Crippen LogP contribution in [0.25, 0.3) is 16.9 Å². The number of aryl methyl sites for hydroxylation is 2. The molecule has 0 spiro atoms. The SMILES string of the molecule is CCCCCCCCCCCCC#CC1=C(c2cccc(CCCCCC)c2)[N+](=[N-])C(c2cccc(CCCCCC)c2)=C1.CCCCCCCCCCCCC[CH2][Ni][CH2]CCCCCCCCCCCCC. The van der Waals surface area contributed by atoms with Crippen molar-refractivity contribution in [1.29, 1.82) is 0 Å². The van der Waals surface area contributed by atoms with Gasteiger partial charge < -0.3 is 5.53 Å². The van der Waals surface area contributed by atoms with Gasteiger partial charge in [0.15, 0.2) is 0 Å². The van der Waals surface area contributed by atoms with Gasteiger partial charge in [-0.25, -0.2) is 4.70 Å². The molecule has 0 aromatic heterocycles. The van der Waals surface area contributed by atoms with Crippen LogP contribution in [0.15, 0.2) is 60.2 Å². The van der Waals surface area contributed by atoms with Crippen LogP contribution in [0, 0.1) is 11.8 Å². The number of hydrogen-bond donors (Lipinski definition) is 0. The standard InChI is InChI=1S/C42H60N2.2C14H29.Ni/c1-4-7-10-13-14-15-16-17-18-19-20-23-30-40-35-41(38-31-24-28-36(33-38)26-21-11-8-5-2)44(43)42(40)39-32-25-29-37(34-39)27-22-12-9-6-3;2*1-3-5-7-9-11-13-14-12-10-8-6-4-2;/h24-25,28-29,31-35H,4-22,26-27H2,1-3H3;2*1,3-14H2,2H3;. The van der Waals surface area contributed by atoms with Crippen molar-refractivity contribution in [2.45, 2.75) is 334 Å². The van der Waals surface area contributed by atoms with Gasteiger partial charge in [-0.1, -0.05) is 180 Å².